The summed E-state index contributed by atoms with van der Waals surface area (Å²) in [6, 6.07) is 16.8. The summed E-state index contributed by atoms with van der Waals surface area (Å²) < 4.78 is 1.63. The van der Waals surface area contributed by atoms with Crippen LogP contribution in [0.3, 0.4) is 0 Å². The van der Waals surface area contributed by atoms with Crippen molar-refractivity contribution >= 4 is 35.4 Å². The smallest absolute Gasteiger partial charge is 0.288 e. The average molecular weight is 404 g/mol. The van der Waals surface area contributed by atoms with E-state index in [-0.39, 0.29) is 5.56 Å². The van der Waals surface area contributed by atoms with Crippen molar-refractivity contribution in [1.29, 1.82) is 0 Å². The van der Waals surface area contributed by atoms with Gasteiger partial charge in [-0.3, -0.25) is 4.79 Å². The molecule has 0 saturated carbocycles. The van der Waals surface area contributed by atoms with Crippen molar-refractivity contribution in [2.45, 2.75) is 6.04 Å². The quantitative estimate of drug-likeness (QED) is 0.479. The Hall–Kier alpha value is -3.78. The first-order valence-corrected chi connectivity index (χ1v) is 9.24. The van der Waals surface area contributed by atoms with Crippen molar-refractivity contribution < 1.29 is 0 Å². The first kappa shape index (κ1) is 17.3. The van der Waals surface area contributed by atoms with E-state index in [1.54, 1.807) is 16.8 Å². The summed E-state index contributed by atoms with van der Waals surface area (Å²) in [5, 5.41) is 22.3. The fourth-order valence-electron chi connectivity index (χ4n) is 3.38. The highest BCUT2D eigenvalue weighted by molar-refractivity contribution is 6.30. The van der Waals surface area contributed by atoms with E-state index in [9.17, 15) is 4.79 Å². The second-order valence-corrected chi connectivity index (χ2v) is 6.93. The van der Waals surface area contributed by atoms with E-state index in [1.165, 1.54) is 0 Å². The minimum Gasteiger partial charge on any atom is -0.318 e. The van der Waals surface area contributed by atoms with E-state index in [1.807, 2.05) is 54.6 Å². The van der Waals surface area contributed by atoms with Crippen molar-refractivity contribution in [3.63, 3.8) is 0 Å². The number of benzene rings is 2. The number of H-pyrrole nitrogens is 1. The molecule has 0 saturated heterocycles. The molecular weight excluding hydrogens is 390 g/mol. The molecule has 0 aliphatic carbocycles. The van der Waals surface area contributed by atoms with Crippen LogP contribution in [-0.4, -0.2) is 30.4 Å². The SMILES string of the molecule is O=c1[nH]nc(/C=C/c2ccccc2)c2c1Nc1nnnn1[C@@H]2c1ccc(Cl)cc1. The van der Waals surface area contributed by atoms with Crippen molar-refractivity contribution in [3.05, 3.63) is 92.4 Å². The third-order valence-corrected chi connectivity index (χ3v) is 4.97. The average Bonchev–Trinajstić information content (AvgIpc) is 3.22. The summed E-state index contributed by atoms with van der Waals surface area (Å²) >= 11 is 6.07. The van der Waals surface area contributed by atoms with Gasteiger partial charge in [0.2, 0.25) is 5.95 Å². The minimum absolute atomic E-state index is 0.343. The van der Waals surface area contributed by atoms with E-state index in [0.29, 0.717) is 27.9 Å². The number of hydrogen-bond donors (Lipinski definition) is 2. The third-order valence-electron chi connectivity index (χ3n) is 4.72. The van der Waals surface area contributed by atoms with Crippen LogP contribution in [0.2, 0.25) is 5.02 Å². The third kappa shape index (κ3) is 3.09. The molecule has 0 amide bonds. The topological polar surface area (TPSA) is 101 Å². The number of halogens is 1. The van der Waals surface area contributed by atoms with E-state index < -0.39 is 6.04 Å². The predicted molar refractivity (Wildman–Crippen MR) is 110 cm³/mol. The lowest BCUT2D eigenvalue weighted by Crippen LogP contribution is -2.29. The molecule has 2 N–H and O–H groups in total. The fraction of sp³-hybridized carbons (Fsp3) is 0.0500. The van der Waals surface area contributed by atoms with Gasteiger partial charge in [-0.05, 0) is 39.8 Å². The number of rotatable bonds is 3. The van der Waals surface area contributed by atoms with Crippen molar-refractivity contribution in [2.24, 2.45) is 0 Å². The zero-order chi connectivity index (χ0) is 19.8. The Morgan fingerprint density at radius 3 is 2.62 bits per heavy atom. The summed E-state index contributed by atoms with van der Waals surface area (Å²) in [6.45, 7) is 0. The number of nitrogens with zero attached hydrogens (tertiary/aromatic N) is 5. The lowest BCUT2D eigenvalue weighted by molar-refractivity contribution is 0.565. The molecular formula is C20H14ClN7O. The lowest BCUT2D eigenvalue weighted by atomic mass is 9.94. The Labute approximate surface area is 169 Å². The Kier molecular flexibility index (Phi) is 4.18. The molecule has 2 aromatic carbocycles. The van der Waals surface area contributed by atoms with Crippen molar-refractivity contribution in [2.75, 3.05) is 5.32 Å². The summed E-state index contributed by atoms with van der Waals surface area (Å²) in [7, 11) is 0. The summed E-state index contributed by atoms with van der Waals surface area (Å²) in [5.74, 6) is 0.382. The van der Waals surface area contributed by atoms with Crippen LogP contribution >= 0.6 is 11.6 Å². The molecule has 5 rings (SSSR count). The highest BCUT2D eigenvalue weighted by Crippen LogP contribution is 2.38. The molecule has 2 aromatic heterocycles. The van der Waals surface area contributed by atoms with Gasteiger partial charge in [0.05, 0.1) is 5.69 Å². The molecule has 0 radical (unpaired) electrons. The zero-order valence-corrected chi connectivity index (χ0v) is 15.7. The Balaban J connectivity index is 1.71. The maximum atomic E-state index is 12.5. The van der Waals surface area contributed by atoms with Gasteiger partial charge in [-0.15, -0.1) is 0 Å². The summed E-state index contributed by atoms with van der Waals surface area (Å²) in [6.07, 6.45) is 3.80. The van der Waals surface area contributed by atoms with Crippen LogP contribution in [0.15, 0.2) is 59.4 Å². The standard InChI is InChI=1S/C20H14ClN7O/c21-14-9-7-13(8-10-14)18-16-15(11-6-12-4-2-1-3-5-12)23-24-19(29)17(16)22-20-25-26-27-28(18)20/h1-11,18H,(H,24,29)(H,22,25,27)/b11-6+/t18-/m1/s1. The van der Waals surface area contributed by atoms with Crippen LogP contribution in [0, 0.1) is 0 Å². The van der Waals surface area contributed by atoms with Crippen molar-refractivity contribution in [1.82, 2.24) is 30.4 Å². The normalized spacial score (nSPS) is 15.0. The van der Waals surface area contributed by atoms with Crippen LogP contribution < -0.4 is 10.9 Å². The molecule has 4 aromatic rings. The van der Waals surface area contributed by atoms with Gasteiger partial charge in [0.1, 0.15) is 11.7 Å². The largest absolute Gasteiger partial charge is 0.318 e. The molecule has 29 heavy (non-hydrogen) atoms. The van der Waals surface area contributed by atoms with E-state index in [4.69, 9.17) is 11.6 Å². The van der Waals surface area contributed by atoms with E-state index >= 15 is 0 Å². The first-order valence-electron chi connectivity index (χ1n) is 8.87. The number of nitrogens with one attached hydrogen (secondary N) is 2. The number of anilines is 2. The zero-order valence-electron chi connectivity index (χ0n) is 15.0. The number of tetrazole rings is 1. The van der Waals surface area contributed by atoms with Crippen LogP contribution in [0.25, 0.3) is 12.2 Å². The Morgan fingerprint density at radius 2 is 1.83 bits per heavy atom. The van der Waals surface area contributed by atoms with Crippen LogP contribution in [-0.2, 0) is 0 Å². The number of aromatic nitrogens is 6. The summed E-state index contributed by atoms with van der Waals surface area (Å²) in [4.78, 5) is 12.5. The molecule has 142 valence electrons. The maximum absolute atomic E-state index is 12.5. The predicted octanol–water partition coefficient (Wildman–Crippen LogP) is 3.27. The Bertz CT molecular complexity index is 1260. The van der Waals surface area contributed by atoms with Gasteiger partial charge in [-0.1, -0.05) is 65.2 Å². The molecule has 3 heterocycles. The van der Waals surface area contributed by atoms with E-state index in [0.717, 1.165) is 11.1 Å². The second-order valence-electron chi connectivity index (χ2n) is 6.50. The number of aromatic amines is 1. The van der Waals surface area contributed by atoms with Crippen LogP contribution in [0.5, 0.6) is 0 Å². The molecule has 1 aliphatic rings. The molecule has 0 fully saturated rings. The highest BCUT2D eigenvalue weighted by Gasteiger charge is 2.33. The molecule has 0 spiro atoms. The second kappa shape index (κ2) is 6.99. The lowest BCUT2D eigenvalue weighted by Gasteiger charge is -2.27. The van der Waals surface area contributed by atoms with Crippen LogP contribution in [0.1, 0.15) is 28.4 Å². The molecule has 1 atom stereocenters. The first-order chi connectivity index (χ1) is 14.2. The number of hydrogen-bond acceptors (Lipinski definition) is 6. The molecule has 8 nitrogen and oxygen atoms in total. The van der Waals surface area contributed by atoms with Gasteiger partial charge in [0.25, 0.3) is 5.56 Å². The fourth-order valence-corrected chi connectivity index (χ4v) is 3.51. The van der Waals surface area contributed by atoms with Crippen molar-refractivity contribution in [3.8, 4) is 0 Å². The van der Waals surface area contributed by atoms with Crippen LogP contribution in [0.4, 0.5) is 11.6 Å². The Morgan fingerprint density at radius 1 is 1.03 bits per heavy atom. The van der Waals surface area contributed by atoms with Gasteiger partial charge in [0, 0.05) is 10.6 Å². The van der Waals surface area contributed by atoms with Gasteiger partial charge in [-0.2, -0.15) is 9.78 Å². The summed E-state index contributed by atoms with van der Waals surface area (Å²) in [5.41, 5.74) is 3.22. The number of fused-ring (bicyclic) bond motifs is 2. The maximum Gasteiger partial charge on any atom is 0.288 e. The van der Waals surface area contributed by atoms with Gasteiger partial charge < -0.3 is 5.32 Å². The molecule has 9 heteroatoms. The van der Waals surface area contributed by atoms with Gasteiger partial charge in [-0.25, -0.2) is 5.10 Å². The monoisotopic (exact) mass is 403 g/mol. The minimum atomic E-state index is -0.432. The van der Waals surface area contributed by atoms with E-state index in [2.05, 4.69) is 31.0 Å². The van der Waals surface area contributed by atoms with Gasteiger partial charge in [0.15, 0.2) is 0 Å². The molecule has 0 unspecified atom stereocenters. The van der Waals surface area contributed by atoms with Gasteiger partial charge >= 0.3 is 0 Å². The highest BCUT2D eigenvalue weighted by atomic mass is 35.5. The molecule has 1 aliphatic heterocycles. The molecule has 0 bridgehead atoms.